The summed E-state index contributed by atoms with van der Waals surface area (Å²) in [5.41, 5.74) is 12.2. The summed E-state index contributed by atoms with van der Waals surface area (Å²) in [5.74, 6) is 1.85. The predicted octanol–water partition coefficient (Wildman–Crippen LogP) is 2.22. The largest absolute Gasteiger partial charge is 0.493 e. The van der Waals surface area contributed by atoms with E-state index in [1.807, 2.05) is 18.2 Å². The van der Waals surface area contributed by atoms with Gasteiger partial charge in [0.05, 0.1) is 17.5 Å². The molecule has 0 aliphatic rings. The van der Waals surface area contributed by atoms with Crippen LogP contribution in [-0.2, 0) is 0 Å². The van der Waals surface area contributed by atoms with Gasteiger partial charge in [-0.3, -0.25) is 0 Å². The van der Waals surface area contributed by atoms with Crippen molar-refractivity contribution in [3.8, 4) is 5.75 Å². The molecule has 1 aromatic carbocycles. The lowest BCUT2D eigenvalue weighted by molar-refractivity contribution is 0.292. The molecule has 0 spiro atoms. The first-order valence-electron chi connectivity index (χ1n) is 6.02. The van der Waals surface area contributed by atoms with Gasteiger partial charge < -0.3 is 16.2 Å². The van der Waals surface area contributed by atoms with Crippen LogP contribution in [0.5, 0.6) is 5.75 Å². The SMILES string of the molecule is CC(C)CCOc1cccc2nc(N)nc(N)c12. The van der Waals surface area contributed by atoms with Crippen LogP contribution in [0.25, 0.3) is 10.9 Å². The molecule has 0 aliphatic heterocycles. The molecule has 4 N–H and O–H groups in total. The van der Waals surface area contributed by atoms with Crippen LogP contribution in [0.4, 0.5) is 11.8 Å². The highest BCUT2D eigenvalue weighted by Gasteiger charge is 2.09. The number of aromatic nitrogens is 2. The number of hydrogen-bond donors (Lipinski definition) is 2. The third-order valence-electron chi connectivity index (χ3n) is 2.68. The van der Waals surface area contributed by atoms with E-state index in [1.54, 1.807) is 0 Å². The lowest BCUT2D eigenvalue weighted by atomic mass is 10.1. The zero-order chi connectivity index (χ0) is 13.1. The minimum absolute atomic E-state index is 0.180. The van der Waals surface area contributed by atoms with Gasteiger partial charge >= 0.3 is 0 Å². The van der Waals surface area contributed by atoms with Gasteiger partial charge in [0.15, 0.2) is 0 Å². The minimum Gasteiger partial charge on any atom is -0.493 e. The van der Waals surface area contributed by atoms with Crippen LogP contribution < -0.4 is 16.2 Å². The normalized spacial score (nSPS) is 11.1. The summed E-state index contributed by atoms with van der Waals surface area (Å²) in [6.07, 6.45) is 0.992. The Morgan fingerprint density at radius 1 is 1.22 bits per heavy atom. The van der Waals surface area contributed by atoms with Crippen molar-refractivity contribution in [1.82, 2.24) is 9.97 Å². The Morgan fingerprint density at radius 2 is 2.00 bits per heavy atom. The molecule has 0 atom stereocenters. The minimum atomic E-state index is 0.180. The Labute approximate surface area is 106 Å². The lowest BCUT2D eigenvalue weighted by Crippen LogP contribution is -2.05. The first-order valence-corrected chi connectivity index (χ1v) is 6.02. The van der Waals surface area contributed by atoms with Crippen LogP contribution in [0.1, 0.15) is 20.3 Å². The van der Waals surface area contributed by atoms with Crippen LogP contribution >= 0.6 is 0 Å². The zero-order valence-corrected chi connectivity index (χ0v) is 10.7. The van der Waals surface area contributed by atoms with E-state index in [1.165, 1.54) is 0 Å². The molecule has 0 bridgehead atoms. The molecule has 96 valence electrons. The van der Waals surface area contributed by atoms with E-state index >= 15 is 0 Å². The summed E-state index contributed by atoms with van der Waals surface area (Å²) in [4.78, 5) is 8.12. The number of benzene rings is 1. The van der Waals surface area contributed by atoms with Gasteiger partial charge in [-0.25, -0.2) is 4.98 Å². The molecule has 2 aromatic rings. The molecule has 5 heteroatoms. The summed E-state index contributed by atoms with van der Waals surface area (Å²) in [5, 5.41) is 0.732. The second-order valence-electron chi connectivity index (χ2n) is 4.65. The topological polar surface area (TPSA) is 87.0 Å². The highest BCUT2D eigenvalue weighted by Crippen LogP contribution is 2.29. The number of ether oxygens (including phenoxy) is 1. The Morgan fingerprint density at radius 3 is 2.72 bits per heavy atom. The highest BCUT2D eigenvalue weighted by atomic mass is 16.5. The first kappa shape index (κ1) is 12.4. The average Bonchev–Trinajstić information content (AvgIpc) is 2.27. The number of rotatable bonds is 4. The molecule has 2 rings (SSSR count). The molecule has 1 heterocycles. The van der Waals surface area contributed by atoms with Crippen molar-refractivity contribution < 1.29 is 4.74 Å². The van der Waals surface area contributed by atoms with Gasteiger partial charge in [-0.05, 0) is 24.5 Å². The Kier molecular flexibility index (Phi) is 3.50. The molecule has 0 radical (unpaired) electrons. The van der Waals surface area contributed by atoms with Crippen LogP contribution in [0.2, 0.25) is 0 Å². The van der Waals surface area contributed by atoms with Crippen molar-refractivity contribution in [2.24, 2.45) is 5.92 Å². The molecule has 18 heavy (non-hydrogen) atoms. The first-order chi connectivity index (χ1) is 8.58. The molecule has 0 unspecified atom stereocenters. The van der Waals surface area contributed by atoms with Crippen LogP contribution in [-0.4, -0.2) is 16.6 Å². The second-order valence-corrected chi connectivity index (χ2v) is 4.65. The van der Waals surface area contributed by atoms with Crippen molar-refractivity contribution >= 4 is 22.7 Å². The molecule has 0 saturated carbocycles. The van der Waals surface area contributed by atoms with Crippen molar-refractivity contribution in [1.29, 1.82) is 0 Å². The van der Waals surface area contributed by atoms with Crippen LogP contribution in [0.15, 0.2) is 18.2 Å². The van der Waals surface area contributed by atoms with Crippen LogP contribution in [0, 0.1) is 5.92 Å². The second kappa shape index (κ2) is 5.08. The van der Waals surface area contributed by atoms with E-state index in [0.29, 0.717) is 29.6 Å². The maximum Gasteiger partial charge on any atom is 0.222 e. The average molecular weight is 246 g/mol. The summed E-state index contributed by atoms with van der Waals surface area (Å²) in [6, 6.07) is 5.59. The quantitative estimate of drug-likeness (QED) is 0.863. The lowest BCUT2D eigenvalue weighted by Gasteiger charge is -2.11. The van der Waals surface area contributed by atoms with Gasteiger partial charge in [-0.15, -0.1) is 0 Å². The predicted molar refractivity (Wildman–Crippen MR) is 73.3 cm³/mol. The summed E-state index contributed by atoms with van der Waals surface area (Å²) >= 11 is 0. The number of fused-ring (bicyclic) bond motifs is 1. The fraction of sp³-hybridized carbons (Fsp3) is 0.385. The molecule has 0 fully saturated rings. The Balaban J connectivity index is 2.33. The molecule has 0 aliphatic carbocycles. The Bertz CT molecular complexity index is 554. The number of nitrogen functional groups attached to an aromatic ring is 2. The molecule has 0 saturated heterocycles. The number of nitrogens with two attached hydrogens (primary N) is 2. The van der Waals surface area contributed by atoms with E-state index in [2.05, 4.69) is 23.8 Å². The number of anilines is 2. The fourth-order valence-electron chi connectivity index (χ4n) is 1.72. The van der Waals surface area contributed by atoms with E-state index in [0.717, 1.165) is 11.8 Å². The molecule has 1 aromatic heterocycles. The smallest absolute Gasteiger partial charge is 0.222 e. The van der Waals surface area contributed by atoms with Gasteiger partial charge in [0.25, 0.3) is 0 Å². The monoisotopic (exact) mass is 246 g/mol. The highest BCUT2D eigenvalue weighted by molar-refractivity contribution is 5.94. The molecule has 5 nitrogen and oxygen atoms in total. The third kappa shape index (κ3) is 2.61. The maximum atomic E-state index is 5.88. The zero-order valence-electron chi connectivity index (χ0n) is 10.7. The third-order valence-corrected chi connectivity index (χ3v) is 2.68. The standard InChI is InChI=1S/C13H18N4O/c1-8(2)6-7-18-10-5-3-4-9-11(10)12(14)17-13(15)16-9/h3-5,8H,6-7H2,1-2H3,(H4,14,15,16,17). The van der Waals surface area contributed by atoms with E-state index in [-0.39, 0.29) is 5.95 Å². The van der Waals surface area contributed by atoms with Gasteiger partial charge in [0, 0.05) is 0 Å². The van der Waals surface area contributed by atoms with Crippen molar-refractivity contribution in [3.63, 3.8) is 0 Å². The summed E-state index contributed by atoms with van der Waals surface area (Å²) in [7, 11) is 0. The van der Waals surface area contributed by atoms with Crippen molar-refractivity contribution in [2.75, 3.05) is 18.1 Å². The Hall–Kier alpha value is -2.04. The maximum absolute atomic E-state index is 5.88. The molecular formula is C13H18N4O. The van der Waals surface area contributed by atoms with E-state index in [9.17, 15) is 0 Å². The van der Waals surface area contributed by atoms with Gasteiger partial charge in [0.1, 0.15) is 11.6 Å². The van der Waals surface area contributed by atoms with Gasteiger partial charge in [-0.1, -0.05) is 19.9 Å². The van der Waals surface area contributed by atoms with E-state index < -0.39 is 0 Å². The molecular weight excluding hydrogens is 228 g/mol. The summed E-state index contributed by atoms with van der Waals surface area (Å²) in [6.45, 7) is 4.97. The number of hydrogen-bond acceptors (Lipinski definition) is 5. The van der Waals surface area contributed by atoms with Crippen molar-refractivity contribution in [3.05, 3.63) is 18.2 Å². The summed E-state index contributed by atoms with van der Waals surface area (Å²) < 4.78 is 5.75. The fourth-order valence-corrected chi connectivity index (χ4v) is 1.72. The van der Waals surface area contributed by atoms with Gasteiger partial charge in [-0.2, -0.15) is 4.98 Å². The van der Waals surface area contributed by atoms with Crippen LogP contribution in [0.3, 0.4) is 0 Å². The van der Waals surface area contributed by atoms with E-state index in [4.69, 9.17) is 16.2 Å². The number of nitrogens with zero attached hydrogens (tertiary/aromatic N) is 2. The van der Waals surface area contributed by atoms with Gasteiger partial charge in [0.2, 0.25) is 5.95 Å². The van der Waals surface area contributed by atoms with Crippen molar-refractivity contribution in [2.45, 2.75) is 20.3 Å². The molecule has 0 amide bonds.